The first-order valence-corrected chi connectivity index (χ1v) is 9.15. The van der Waals surface area contributed by atoms with Crippen LogP contribution in [-0.2, 0) is 6.54 Å². The van der Waals surface area contributed by atoms with Crippen LogP contribution in [0.5, 0.6) is 11.5 Å². The number of para-hydroxylation sites is 1. The van der Waals surface area contributed by atoms with Gasteiger partial charge in [-0.15, -0.1) is 0 Å². The zero-order valence-corrected chi connectivity index (χ0v) is 16.2. The molecule has 3 aromatic carbocycles. The van der Waals surface area contributed by atoms with Gasteiger partial charge in [0.15, 0.2) is 11.5 Å². The predicted molar refractivity (Wildman–Crippen MR) is 112 cm³/mol. The lowest BCUT2D eigenvalue weighted by Gasteiger charge is -2.16. The monoisotopic (exact) mass is 388 g/mol. The summed E-state index contributed by atoms with van der Waals surface area (Å²) in [4.78, 5) is 26.7. The highest BCUT2D eigenvalue weighted by Gasteiger charge is 2.18. The molecule has 0 saturated heterocycles. The molecule has 0 N–H and O–H groups in total. The van der Waals surface area contributed by atoms with Crippen LogP contribution in [0.3, 0.4) is 0 Å². The van der Waals surface area contributed by atoms with E-state index in [9.17, 15) is 9.59 Å². The number of fused-ring (bicyclic) bond motifs is 1. The Hall–Kier alpha value is -3.80. The van der Waals surface area contributed by atoms with Gasteiger partial charge in [-0.05, 0) is 23.8 Å². The molecule has 6 nitrogen and oxygen atoms in total. The van der Waals surface area contributed by atoms with E-state index in [1.807, 2.05) is 36.4 Å². The van der Waals surface area contributed by atoms with Crippen LogP contribution in [0.4, 0.5) is 0 Å². The molecule has 1 aromatic heterocycles. The molecule has 0 aliphatic heterocycles. The molecule has 0 aliphatic rings. The Kier molecular flexibility index (Phi) is 4.91. The van der Waals surface area contributed by atoms with E-state index in [-0.39, 0.29) is 0 Å². The molecule has 0 fully saturated rings. The van der Waals surface area contributed by atoms with Crippen molar-refractivity contribution in [3.8, 4) is 17.2 Å². The standard InChI is InChI=1S/C23H20N2O4/c1-28-20-13-18-19(14-21(20)29-2)24(15-16-9-5-3-6-10-16)23(27)25(22(18)26)17-11-7-4-8-12-17/h3-14H,15H2,1-2H3. The number of hydrogen-bond donors (Lipinski definition) is 0. The molecule has 146 valence electrons. The Balaban J connectivity index is 2.10. The van der Waals surface area contributed by atoms with E-state index in [0.717, 1.165) is 5.56 Å². The van der Waals surface area contributed by atoms with Crippen LogP contribution in [0.25, 0.3) is 16.6 Å². The van der Waals surface area contributed by atoms with Crippen molar-refractivity contribution in [3.05, 3.63) is 99.2 Å². The normalized spacial score (nSPS) is 10.8. The quantitative estimate of drug-likeness (QED) is 0.527. The van der Waals surface area contributed by atoms with Crippen molar-refractivity contribution in [2.45, 2.75) is 6.54 Å². The van der Waals surface area contributed by atoms with Gasteiger partial charge < -0.3 is 9.47 Å². The Bertz CT molecular complexity index is 1280. The summed E-state index contributed by atoms with van der Waals surface area (Å²) in [5.41, 5.74) is 1.14. The first-order chi connectivity index (χ1) is 14.1. The van der Waals surface area contributed by atoms with Crippen LogP contribution in [0.15, 0.2) is 82.4 Å². The molecule has 0 unspecified atom stereocenters. The lowest BCUT2D eigenvalue weighted by atomic mass is 10.1. The minimum Gasteiger partial charge on any atom is -0.493 e. The van der Waals surface area contributed by atoms with E-state index in [1.165, 1.54) is 18.8 Å². The summed E-state index contributed by atoms with van der Waals surface area (Å²) in [5, 5.41) is 0.377. The smallest absolute Gasteiger partial charge is 0.336 e. The maximum atomic E-state index is 13.4. The Labute approximate surface area is 167 Å². The minimum absolute atomic E-state index is 0.318. The average molecular weight is 388 g/mol. The number of ether oxygens (including phenoxy) is 2. The molecule has 4 aromatic rings. The Morgan fingerprint density at radius 2 is 1.38 bits per heavy atom. The van der Waals surface area contributed by atoms with Crippen LogP contribution in [-0.4, -0.2) is 23.4 Å². The number of aromatic nitrogens is 2. The van der Waals surface area contributed by atoms with E-state index >= 15 is 0 Å². The summed E-state index contributed by atoms with van der Waals surface area (Å²) in [7, 11) is 3.04. The highest BCUT2D eigenvalue weighted by atomic mass is 16.5. The lowest BCUT2D eigenvalue weighted by Crippen LogP contribution is -2.39. The maximum Gasteiger partial charge on any atom is 0.336 e. The molecule has 0 bridgehead atoms. The van der Waals surface area contributed by atoms with Gasteiger partial charge in [-0.2, -0.15) is 0 Å². The van der Waals surface area contributed by atoms with Crippen LogP contribution in [0.1, 0.15) is 5.56 Å². The van der Waals surface area contributed by atoms with Crippen LogP contribution < -0.4 is 20.7 Å². The van der Waals surface area contributed by atoms with Gasteiger partial charge in [-0.25, -0.2) is 9.36 Å². The second-order valence-corrected chi connectivity index (χ2v) is 6.55. The van der Waals surface area contributed by atoms with Crippen molar-refractivity contribution in [2.24, 2.45) is 0 Å². The summed E-state index contributed by atoms with van der Waals surface area (Å²) in [5.74, 6) is 0.889. The third kappa shape index (κ3) is 3.29. The maximum absolute atomic E-state index is 13.4. The summed E-state index contributed by atoms with van der Waals surface area (Å²) in [6, 6.07) is 21.8. The molecule has 6 heteroatoms. The topological polar surface area (TPSA) is 62.5 Å². The van der Waals surface area contributed by atoms with E-state index in [4.69, 9.17) is 9.47 Å². The molecule has 1 heterocycles. The number of hydrogen-bond acceptors (Lipinski definition) is 4. The van der Waals surface area contributed by atoms with E-state index in [2.05, 4.69) is 0 Å². The van der Waals surface area contributed by atoms with Gasteiger partial charge in [-0.3, -0.25) is 9.36 Å². The molecule has 0 amide bonds. The molecular weight excluding hydrogens is 368 g/mol. The Morgan fingerprint density at radius 1 is 0.793 bits per heavy atom. The first-order valence-electron chi connectivity index (χ1n) is 9.15. The first kappa shape index (κ1) is 18.6. The number of nitrogens with zero attached hydrogens (tertiary/aromatic N) is 2. The van der Waals surface area contributed by atoms with E-state index in [1.54, 1.807) is 41.0 Å². The van der Waals surface area contributed by atoms with Crippen molar-refractivity contribution < 1.29 is 9.47 Å². The Morgan fingerprint density at radius 3 is 2.00 bits per heavy atom. The molecule has 0 spiro atoms. The second-order valence-electron chi connectivity index (χ2n) is 6.55. The fourth-order valence-corrected chi connectivity index (χ4v) is 3.42. The molecule has 29 heavy (non-hydrogen) atoms. The summed E-state index contributed by atoms with van der Waals surface area (Å²) in [6.07, 6.45) is 0. The average Bonchev–Trinajstić information content (AvgIpc) is 2.77. The van der Waals surface area contributed by atoms with Crippen molar-refractivity contribution in [1.29, 1.82) is 0 Å². The fraction of sp³-hybridized carbons (Fsp3) is 0.130. The van der Waals surface area contributed by atoms with E-state index in [0.29, 0.717) is 34.6 Å². The third-order valence-electron chi connectivity index (χ3n) is 4.85. The van der Waals surface area contributed by atoms with Crippen LogP contribution in [0.2, 0.25) is 0 Å². The molecule has 0 saturated carbocycles. The summed E-state index contributed by atoms with van der Waals surface area (Å²) < 4.78 is 13.5. The van der Waals surface area contributed by atoms with Crippen molar-refractivity contribution in [2.75, 3.05) is 14.2 Å². The van der Waals surface area contributed by atoms with Crippen molar-refractivity contribution in [3.63, 3.8) is 0 Å². The van der Waals surface area contributed by atoms with Crippen molar-refractivity contribution in [1.82, 2.24) is 9.13 Å². The molecule has 4 rings (SSSR count). The highest BCUT2D eigenvalue weighted by molar-refractivity contribution is 5.82. The zero-order valence-electron chi connectivity index (χ0n) is 16.2. The number of rotatable bonds is 5. The molecular formula is C23H20N2O4. The van der Waals surface area contributed by atoms with Gasteiger partial charge in [0.1, 0.15) is 0 Å². The van der Waals surface area contributed by atoms with Gasteiger partial charge in [0.05, 0.1) is 37.4 Å². The SMILES string of the molecule is COc1cc2c(=O)n(-c3ccccc3)c(=O)n(Cc3ccccc3)c2cc1OC. The van der Waals surface area contributed by atoms with Crippen molar-refractivity contribution >= 4 is 10.9 Å². The number of benzene rings is 3. The van der Waals surface area contributed by atoms with Gasteiger partial charge in [0, 0.05) is 6.07 Å². The minimum atomic E-state index is -0.412. The molecule has 0 radical (unpaired) electrons. The van der Waals surface area contributed by atoms with Gasteiger partial charge >= 0.3 is 5.69 Å². The number of methoxy groups -OCH3 is 2. The lowest BCUT2D eigenvalue weighted by molar-refractivity contribution is 0.355. The van der Waals surface area contributed by atoms with Crippen LogP contribution >= 0.6 is 0 Å². The summed E-state index contributed by atoms with van der Waals surface area (Å²) >= 11 is 0. The predicted octanol–water partition coefficient (Wildman–Crippen LogP) is 3.22. The van der Waals surface area contributed by atoms with Crippen LogP contribution in [0, 0.1) is 0 Å². The van der Waals surface area contributed by atoms with Gasteiger partial charge in [0.2, 0.25) is 0 Å². The van der Waals surface area contributed by atoms with Gasteiger partial charge in [0.25, 0.3) is 5.56 Å². The summed E-state index contributed by atoms with van der Waals surface area (Å²) in [6.45, 7) is 0.318. The largest absolute Gasteiger partial charge is 0.493 e. The van der Waals surface area contributed by atoms with E-state index < -0.39 is 11.2 Å². The fourth-order valence-electron chi connectivity index (χ4n) is 3.42. The molecule has 0 aliphatic carbocycles. The molecule has 0 atom stereocenters. The third-order valence-corrected chi connectivity index (χ3v) is 4.85. The highest BCUT2D eigenvalue weighted by Crippen LogP contribution is 2.30. The zero-order chi connectivity index (χ0) is 20.4. The second kappa shape index (κ2) is 7.67. The van der Waals surface area contributed by atoms with Gasteiger partial charge in [-0.1, -0.05) is 48.5 Å².